The van der Waals surface area contributed by atoms with Crippen LogP contribution >= 0.6 is 0 Å². The third kappa shape index (κ3) is 2.29. The molecular weight excluding hydrogens is 190 g/mol. The lowest BCUT2D eigenvalue weighted by Gasteiger charge is -2.10. The lowest BCUT2D eigenvalue weighted by Crippen LogP contribution is -2.13. The van der Waals surface area contributed by atoms with Gasteiger partial charge < -0.3 is 10.5 Å². The fraction of sp³-hybridized carbons (Fsp3) is 0.417. The lowest BCUT2D eigenvalue weighted by atomic mass is 10.1. The van der Waals surface area contributed by atoms with Gasteiger partial charge >= 0.3 is 0 Å². The van der Waals surface area contributed by atoms with E-state index in [1.807, 2.05) is 12.1 Å². The third-order valence-electron chi connectivity index (χ3n) is 2.54. The van der Waals surface area contributed by atoms with E-state index < -0.39 is 5.91 Å². The molecule has 0 bridgehead atoms. The van der Waals surface area contributed by atoms with Crippen LogP contribution in [0, 0.1) is 0 Å². The number of rotatable bonds is 4. The predicted molar refractivity (Wildman–Crippen MR) is 58.0 cm³/mol. The highest BCUT2D eigenvalue weighted by molar-refractivity contribution is 5.95. The van der Waals surface area contributed by atoms with Gasteiger partial charge in [-0.1, -0.05) is 13.0 Å². The van der Waals surface area contributed by atoms with E-state index in [0.717, 1.165) is 24.8 Å². The number of nitrogens with two attached hydrogens (primary N) is 1. The number of hydrogen-bond acceptors (Lipinski definition) is 2. The Kier molecular flexibility index (Phi) is 2.62. The topological polar surface area (TPSA) is 52.3 Å². The molecule has 0 aromatic heterocycles. The molecule has 0 unspecified atom stereocenters. The number of carbonyl (C=O) groups excluding carboxylic acids is 1. The van der Waals surface area contributed by atoms with Crippen molar-refractivity contribution in [1.82, 2.24) is 0 Å². The van der Waals surface area contributed by atoms with E-state index in [4.69, 9.17) is 10.5 Å². The fourth-order valence-electron chi connectivity index (χ4n) is 1.45. The van der Waals surface area contributed by atoms with E-state index in [9.17, 15) is 4.79 Å². The Morgan fingerprint density at radius 3 is 2.80 bits per heavy atom. The van der Waals surface area contributed by atoms with Gasteiger partial charge in [0.1, 0.15) is 5.75 Å². The fourth-order valence-corrected chi connectivity index (χ4v) is 1.45. The highest BCUT2D eigenvalue weighted by Gasteiger charge is 2.25. The molecule has 3 heteroatoms. The van der Waals surface area contributed by atoms with Crippen molar-refractivity contribution < 1.29 is 9.53 Å². The molecule has 0 aliphatic heterocycles. The first-order valence-electron chi connectivity index (χ1n) is 5.30. The highest BCUT2D eigenvalue weighted by Crippen LogP contribution is 2.29. The van der Waals surface area contributed by atoms with Crippen LogP contribution in [-0.2, 0) is 6.42 Å². The Hall–Kier alpha value is -1.51. The zero-order valence-electron chi connectivity index (χ0n) is 8.82. The summed E-state index contributed by atoms with van der Waals surface area (Å²) in [6, 6.07) is 5.58. The van der Waals surface area contributed by atoms with Gasteiger partial charge in [0.15, 0.2) is 0 Å². The zero-order valence-corrected chi connectivity index (χ0v) is 8.82. The standard InChI is InChI=1S/C12H15NO2/c1-2-8-3-6-10(12(13)14)11(7-8)15-9-4-5-9/h3,6-7,9H,2,4-5H2,1H3,(H2,13,14). The quantitative estimate of drug-likeness (QED) is 0.816. The summed E-state index contributed by atoms with van der Waals surface area (Å²) >= 11 is 0. The Morgan fingerprint density at radius 1 is 1.53 bits per heavy atom. The number of hydrogen-bond donors (Lipinski definition) is 1. The number of amides is 1. The van der Waals surface area contributed by atoms with E-state index in [0.29, 0.717) is 11.3 Å². The van der Waals surface area contributed by atoms with Crippen LogP contribution in [0.3, 0.4) is 0 Å². The molecule has 1 fully saturated rings. The van der Waals surface area contributed by atoms with Crippen molar-refractivity contribution in [2.45, 2.75) is 32.3 Å². The second-order valence-electron chi connectivity index (χ2n) is 3.87. The smallest absolute Gasteiger partial charge is 0.252 e. The number of carbonyl (C=O) groups is 1. The molecule has 1 saturated carbocycles. The SMILES string of the molecule is CCc1ccc(C(N)=O)c(OC2CC2)c1. The molecule has 0 spiro atoms. The highest BCUT2D eigenvalue weighted by atomic mass is 16.5. The molecule has 0 atom stereocenters. The first-order valence-corrected chi connectivity index (χ1v) is 5.30. The average molecular weight is 205 g/mol. The van der Waals surface area contributed by atoms with Crippen LogP contribution in [0.15, 0.2) is 18.2 Å². The second-order valence-corrected chi connectivity index (χ2v) is 3.87. The van der Waals surface area contributed by atoms with Crippen LogP contribution in [0.2, 0.25) is 0 Å². The van der Waals surface area contributed by atoms with Gasteiger partial charge in [-0.3, -0.25) is 4.79 Å². The molecule has 80 valence electrons. The van der Waals surface area contributed by atoms with Gasteiger partial charge in [0.25, 0.3) is 5.91 Å². The van der Waals surface area contributed by atoms with Gasteiger partial charge in [0, 0.05) is 0 Å². The van der Waals surface area contributed by atoms with Crippen molar-refractivity contribution in [3.63, 3.8) is 0 Å². The molecular formula is C12H15NO2. The van der Waals surface area contributed by atoms with Crippen LogP contribution < -0.4 is 10.5 Å². The predicted octanol–water partition coefficient (Wildman–Crippen LogP) is 1.89. The van der Waals surface area contributed by atoms with Crippen molar-refractivity contribution in [2.24, 2.45) is 5.73 Å². The molecule has 1 aromatic carbocycles. The van der Waals surface area contributed by atoms with Crippen molar-refractivity contribution >= 4 is 5.91 Å². The van der Waals surface area contributed by atoms with Crippen molar-refractivity contribution in [3.8, 4) is 5.75 Å². The van der Waals surface area contributed by atoms with Crippen LogP contribution in [0.25, 0.3) is 0 Å². The summed E-state index contributed by atoms with van der Waals surface area (Å²) in [5.74, 6) is 0.220. The van der Waals surface area contributed by atoms with Gasteiger partial charge in [-0.25, -0.2) is 0 Å². The molecule has 3 nitrogen and oxygen atoms in total. The molecule has 2 rings (SSSR count). The molecule has 1 aliphatic carbocycles. The minimum Gasteiger partial charge on any atom is -0.490 e. The van der Waals surface area contributed by atoms with Crippen molar-refractivity contribution in [1.29, 1.82) is 0 Å². The minimum atomic E-state index is -0.423. The molecule has 15 heavy (non-hydrogen) atoms. The summed E-state index contributed by atoms with van der Waals surface area (Å²) in [4.78, 5) is 11.2. The van der Waals surface area contributed by atoms with Gasteiger partial charge in [0.2, 0.25) is 0 Å². The Labute approximate surface area is 89.2 Å². The van der Waals surface area contributed by atoms with Gasteiger partial charge in [-0.15, -0.1) is 0 Å². The zero-order chi connectivity index (χ0) is 10.8. The maximum absolute atomic E-state index is 11.2. The summed E-state index contributed by atoms with van der Waals surface area (Å²) in [5.41, 5.74) is 6.93. The monoisotopic (exact) mass is 205 g/mol. The lowest BCUT2D eigenvalue weighted by molar-refractivity contribution is 0.0996. The first kappa shape index (κ1) is 10.0. The van der Waals surface area contributed by atoms with Crippen molar-refractivity contribution in [3.05, 3.63) is 29.3 Å². The maximum atomic E-state index is 11.2. The van der Waals surface area contributed by atoms with Crippen LogP contribution in [0.4, 0.5) is 0 Å². The average Bonchev–Trinajstić information content (AvgIpc) is 3.01. The normalized spacial score (nSPS) is 15.0. The Balaban J connectivity index is 2.30. The summed E-state index contributed by atoms with van der Waals surface area (Å²) in [7, 11) is 0. The molecule has 1 aliphatic rings. The van der Waals surface area contributed by atoms with E-state index in [2.05, 4.69) is 6.92 Å². The Bertz CT molecular complexity index is 383. The summed E-state index contributed by atoms with van der Waals surface area (Å²) in [6.45, 7) is 2.07. The second kappa shape index (κ2) is 3.93. The molecule has 0 radical (unpaired) electrons. The number of primary amides is 1. The van der Waals surface area contributed by atoms with Crippen LogP contribution in [0.5, 0.6) is 5.75 Å². The number of ether oxygens (including phenoxy) is 1. The first-order chi connectivity index (χ1) is 7.20. The molecule has 0 saturated heterocycles. The van der Waals surface area contributed by atoms with Crippen LogP contribution in [-0.4, -0.2) is 12.0 Å². The van der Waals surface area contributed by atoms with Crippen LogP contribution in [0.1, 0.15) is 35.7 Å². The van der Waals surface area contributed by atoms with Gasteiger partial charge in [-0.05, 0) is 37.0 Å². The molecule has 1 amide bonds. The van der Waals surface area contributed by atoms with Crippen molar-refractivity contribution in [2.75, 3.05) is 0 Å². The molecule has 0 heterocycles. The van der Waals surface area contributed by atoms with E-state index >= 15 is 0 Å². The summed E-state index contributed by atoms with van der Waals surface area (Å²) in [5, 5.41) is 0. The van der Waals surface area contributed by atoms with Gasteiger partial charge in [0.05, 0.1) is 11.7 Å². The maximum Gasteiger partial charge on any atom is 0.252 e. The largest absolute Gasteiger partial charge is 0.490 e. The van der Waals surface area contributed by atoms with Gasteiger partial charge in [-0.2, -0.15) is 0 Å². The number of aryl methyl sites for hydroxylation is 1. The van der Waals surface area contributed by atoms with E-state index in [-0.39, 0.29) is 6.10 Å². The Morgan fingerprint density at radius 2 is 2.27 bits per heavy atom. The summed E-state index contributed by atoms with van der Waals surface area (Å²) in [6.07, 6.45) is 3.37. The van der Waals surface area contributed by atoms with E-state index in [1.54, 1.807) is 6.07 Å². The molecule has 2 N–H and O–H groups in total. The minimum absolute atomic E-state index is 0.287. The van der Waals surface area contributed by atoms with E-state index in [1.165, 1.54) is 0 Å². The third-order valence-corrected chi connectivity index (χ3v) is 2.54. The summed E-state index contributed by atoms with van der Waals surface area (Å²) < 4.78 is 5.66. The number of benzene rings is 1. The molecule has 1 aromatic rings.